The van der Waals surface area contributed by atoms with E-state index >= 15 is 0 Å². The lowest BCUT2D eigenvalue weighted by Gasteiger charge is -2.29. The predicted molar refractivity (Wildman–Crippen MR) is 46.1 cm³/mol. The van der Waals surface area contributed by atoms with Gasteiger partial charge in [0.25, 0.3) is 0 Å². The number of allylic oxidation sites excluding steroid dienone is 2. The number of rotatable bonds is 1. The summed E-state index contributed by atoms with van der Waals surface area (Å²) in [4.78, 5) is 0. The van der Waals surface area contributed by atoms with Crippen molar-refractivity contribution in [1.29, 1.82) is 0 Å². The van der Waals surface area contributed by atoms with Gasteiger partial charge in [-0.05, 0) is 0 Å². The van der Waals surface area contributed by atoms with Crippen molar-refractivity contribution in [3.63, 3.8) is 0 Å². The summed E-state index contributed by atoms with van der Waals surface area (Å²) in [5.41, 5.74) is 5.98. The first-order valence-electron chi connectivity index (χ1n) is 4.14. The highest BCUT2D eigenvalue weighted by Gasteiger charge is 2.38. The Bertz CT molecular complexity index is 208. The first kappa shape index (κ1) is 7.07. The molecule has 11 heavy (non-hydrogen) atoms. The molecule has 2 rings (SSSR count). The molecule has 3 N–H and O–H groups in total. The SMILES string of the molecule is NC[C@]12C=CC=C[C@H]1CNC2. The fourth-order valence-electron chi connectivity index (χ4n) is 1.97. The quantitative estimate of drug-likeness (QED) is 0.563. The summed E-state index contributed by atoms with van der Waals surface area (Å²) < 4.78 is 0. The van der Waals surface area contributed by atoms with Crippen LogP contribution in [0.4, 0.5) is 0 Å². The van der Waals surface area contributed by atoms with Gasteiger partial charge in [0.15, 0.2) is 0 Å². The molecule has 1 saturated heterocycles. The van der Waals surface area contributed by atoms with E-state index in [9.17, 15) is 0 Å². The highest BCUT2D eigenvalue weighted by atomic mass is 14.9. The van der Waals surface area contributed by atoms with Crippen molar-refractivity contribution >= 4 is 0 Å². The third-order valence-corrected chi connectivity index (χ3v) is 2.82. The van der Waals surface area contributed by atoms with Crippen LogP contribution in [-0.2, 0) is 0 Å². The first-order valence-corrected chi connectivity index (χ1v) is 4.14. The Morgan fingerprint density at radius 2 is 2.45 bits per heavy atom. The lowest BCUT2D eigenvalue weighted by atomic mass is 9.75. The molecule has 0 unspecified atom stereocenters. The molecular formula is C9H14N2. The molecule has 1 fully saturated rings. The zero-order valence-electron chi connectivity index (χ0n) is 6.59. The molecule has 2 atom stereocenters. The van der Waals surface area contributed by atoms with Crippen molar-refractivity contribution in [2.24, 2.45) is 17.1 Å². The van der Waals surface area contributed by atoms with Crippen molar-refractivity contribution in [2.75, 3.05) is 19.6 Å². The van der Waals surface area contributed by atoms with Crippen LogP contribution in [0.3, 0.4) is 0 Å². The number of nitrogens with two attached hydrogens (primary N) is 1. The molecule has 0 aromatic heterocycles. The van der Waals surface area contributed by atoms with Gasteiger partial charge in [-0.25, -0.2) is 0 Å². The topological polar surface area (TPSA) is 38.0 Å². The van der Waals surface area contributed by atoms with Crippen LogP contribution in [0.15, 0.2) is 24.3 Å². The maximum absolute atomic E-state index is 5.75. The van der Waals surface area contributed by atoms with Crippen molar-refractivity contribution in [3.05, 3.63) is 24.3 Å². The molecule has 1 aliphatic carbocycles. The molecule has 0 radical (unpaired) electrons. The van der Waals surface area contributed by atoms with Crippen LogP contribution in [0, 0.1) is 11.3 Å². The van der Waals surface area contributed by atoms with Crippen molar-refractivity contribution in [1.82, 2.24) is 5.32 Å². The van der Waals surface area contributed by atoms with E-state index < -0.39 is 0 Å². The van der Waals surface area contributed by atoms with Gasteiger partial charge < -0.3 is 11.1 Å². The van der Waals surface area contributed by atoms with E-state index in [2.05, 4.69) is 29.6 Å². The number of nitrogens with one attached hydrogen (secondary N) is 1. The second-order valence-corrected chi connectivity index (χ2v) is 3.42. The Kier molecular flexibility index (Phi) is 1.59. The summed E-state index contributed by atoms with van der Waals surface area (Å²) >= 11 is 0. The lowest BCUT2D eigenvalue weighted by Crippen LogP contribution is -2.36. The third kappa shape index (κ3) is 0.940. The van der Waals surface area contributed by atoms with Gasteiger partial charge in [-0.2, -0.15) is 0 Å². The molecule has 60 valence electrons. The minimum atomic E-state index is 0.231. The average Bonchev–Trinajstić information content (AvgIpc) is 2.48. The largest absolute Gasteiger partial charge is 0.330 e. The summed E-state index contributed by atoms with van der Waals surface area (Å²) in [6.07, 6.45) is 8.73. The monoisotopic (exact) mass is 150 g/mol. The summed E-state index contributed by atoms with van der Waals surface area (Å²) in [5.74, 6) is 0.623. The zero-order valence-corrected chi connectivity index (χ0v) is 6.59. The van der Waals surface area contributed by atoms with E-state index in [1.54, 1.807) is 0 Å². The van der Waals surface area contributed by atoms with Crippen LogP contribution in [0.1, 0.15) is 0 Å². The van der Waals surface area contributed by atoms with Crippen LogP contribution < -0.4 is 11.1 Å². The van der Waals surface area contributed by atoms with Crippen LogP contribution in [-0.4, -0.2) is 19.6 Å². The molecule has 1 aliphatic heterocycles. The van der Waals surface area contributed by atoms with E-state index in [1.807, 2.05) is 0 Å². The number of hydrogen-bond donors (Lipinski definition) is 2. The molecule has 0 aromatic rings. The van der Waals surface area contributed by atoms with E-state index in [1.165, 1.54) is 0 Å². The van der Waals surface area contributed by atoms with Gasteiger partial charge in [-0.3, -0.25) is 0 Å². The van der Waals surface area contributed by atoms with Crippen LogP contribution in [0.25, 0.3) is 0 Å². The molecule has 0 aromatic carbocycles. The van der Waals surface area contributed by atoms with Crippen LogP contribution in [0.5, 0.6) is 0 Å². The van der Waals surface area contributed by atoms with Crippen LogP contribution >= 0.6 is 0 Å². The second kappa shape index (κ2) is 2.47. The number of fused-ring (bicyclic) bond motifs is 1. The number of hydrogen-bond acceptors (Lipinski definition) is 2. The molecule has 0 bridgehead atoms. The highest BCUT2D eigenvalue weighted by molar-refractivity contribution is 5.23. The Morgan fingerprint density at radius 3 is 3.18 bits per heavy atom. The second-order valence-electron chi connectivity index (χ2n) is 3.42. The van der Waals surface area contributed by atoms with Gasteiger partial charge in [-0.15, -0.1) is 0 Å². The normalized spacial score (nSPS) is 41.0. The first-order chi connectivity index (χ1) is 5.37. The van der Waals surface area contributed by atoms with Gasteiger partial charge in [0.05, 0.1) is 0 Å². The fourth-order valence-corrected chi connectivity index (χ4v) is 1.97. The van der Waals surface area contributed by atoms with E-state index in [0.717, 1.165) is 19.6 Å². The van der Waals surface area contributed by atoms with Gasteiger partial charge in [0.2, 0.25) is 0 Å². The van der Waals surface area contributed by atoms with E-state index in [0.29, 0.717) is 5.92 Å². The molecule has 2 heteroatoms. The smallest absolute Gasteiger partial charge is 0.0207 e. The Labute approximate surface area is 67.2 Å². The highest BCUT2D eigenvalue weighted by Crippen LogP contribution is 2.35. The molecule has 2 nitrogen and oxygen atoms in total. The Morgan fingerprint density at radius 1 is 1.55 bits per heavy atom. The Hall–Kier alpha value is -0.600. The van der Waals surface area contributed by atoms with E-state index in [4.69, 9.17) is 5.73 Å². The molecule has 0 amide bonds. The van der Waals surface area contributed by atoms with E-state index in [-0.39, 0.29) is 5.41 Å². The van der Waals surface area contributed by atoms with Crippen LogP contribution in [0.2, 0.25) is 0 Å². The predicted octanol–water partition coefficient (Wildman–Crippen LogP) is 0.277. The maximum Gasteiger partial charge on any atom is 0.0207 e. The third-order valence-electron chi connectivity index (χ3n) is 2.82. The minimum Gasteiger partial charge on any atom is -0.330 e. The Balaban J connectivity index is 2.28. The zero-order chi connectivity index (χ0) is 7.73. The molecule has 2 aliphatic rings. The van der Waals surface area contributed by atoms with Crippen molar-refractivity contribution in [2.45, 2.75) is 0 Å². The molecule has 1 heterocycles. The summed E-state index contributed by atoms with van der Waals surface area (Å²) in [5, 5.41) is 3.37. The molecule has 0 saturated carbocycles. The summed E-state index contributed by atoms with van der Waals surface area (Å²) in [6.45, 7) is 2.87. The van der Waals surface area contributed by atoms with Crippen molar-refractivity contribution < 1.29 is 0 Å². The minimum absolute atomic E-state index is 0.231. The molecule has 0 spiro atoms. The average molecular weight is 150 g/mol. The standard InChI is InChI=1S/C9H14N2/c10-6-9-4-2-1-3-8(9)5-11-7-9/h1-4,8,11H,5-7,10H2/t8-,9-/m0/s1. The lowest BCUT2D eigenvalue weighted by molar-refractivity contribution is 0.363. The van der Waals surface area contributed by atoms with Gasteiger partial charge in [0.1, 0.15) is 0 Å². The maximum atomic E-state index is 5.75. The fraction of sp³-hybridized carbons (Fsp3) is 0.556. The summed E-state index contributed by atoms with van der Waals surface area (Å²) in [6, 6.07) is 0. The van der Waals surface area contributed by atoms with Gasteiger partial charge in [-0.1, -0.05) is 24.3 Å². The van der Waals surface area contributed by atoms with Gasteiger partial charge in [0, 0.05) is 31.0 Å². The molecular weight excluding hydrogens is 136 g/mol. The van der Waals surface area contributed by atoms with Crippen molar-refractivity contribution in [3.8, 4) is 0 Å². The summed E-state index contributed by atoms with van der Waals surface area (Å²) in [7, 11) is 0. The van der Waals surface area contributed by atoms with Gasteiger partial charge >= 0.3 is 0 Å².